The van der Waals surface area contributed by atoms with E-state index in [4.69, 9.17) is 5.11 Å². The highest BCUT2D eigenvalue weighted by Gasteiger charge is 2.54. The van der Waals surface area contributed by atoms with Gasteiger partial charge < -0.3 is 15.1 Å². The van der Waals surface area contributed by atoms with Gasteiger partial charge in [0.1, 0.15) is 6.10 Å². The maximum atomic E-state index is 12.9. The topological polar surface area (TPSA) is 77.8 Å². The number of hydrogen-bond donors (Lipinski definition) is 2. The van der Waals surface area contributed by atoms with Gasteiger partial charge in [0.25, 0.3) is 5.91 Å². The lowest BCUT2D eigenvalue weighted by atomic mass is 9.85. The first-order valence-electron chi connectivity index (χ1n) is 7.48. The van der Waals surface area contributed by atoms with Gasteiger partial charge in [-0.1, -0.05) is 19.3 Å². The van der Waals surface area contributed by atoms with Gasteiger partial charge in [-0.25, -0.2) is 0 Å². The maximum absolute atomic E-state index is 12.9. The van der Waals surface area contributed by atoms with Gasteiger partial charge in [-0.2, -0.15) is 13.2 Å². The first-order chi connectivity index (χ1) is 10.2. The summed E-state index contributed by atoms with van der Waals surface area (Å²) < 4.78 is 38.7. The van der Waals surface area contributed by atoms with Crippen molar-refractivity contribution in [1.82, 2.24) is 4.90 Å². The molecule has 5 nitrogen and oxygen atoms in total. The molecule has 1 amide bonds. The van der Waals surface area contributed by atoms with Crippen molar-refractivity contribution in [2.45, 2.75) is 44.4 Å². The summed E-state index contributed by atoms with van der Waals surface area (Å²) in [6, 6.07) is 0. The van der Waals surface area contributed by atoms with Crippen LogP contribution in [0, 0.1) is 17.8 Å². The van der Waals surface area contributed by atoms with E-state index in [1.807, 2.05) is 0 Å². The highest BCUT2D eigenvalue weighted by molar-refractivity contribution is 5.82. The number of carbonyl (C=O) groups is 2. The first kappa shape index (κ1) is 17.1. The predicted octanol–water partition coefficient (Wildman–Crippen LogP) is 1.65. The average Bonchev–Trinajstić information content (AvgIpc) is 2.92. The monoisotopic (exact) mass is 323 g/mol. The van der Waals surface area contributed by atoms with Crippen LogP contribution < -0.4 is 0 Å². The van der Waals surface area contributed by atoms with E-state index in [-0.39, 0.29) is 5.92 Å². The Balaban J connectivity index is 2.05. The molecule has 2 rings (SSSR count). The van der Waals surface area contributed by atoms with Crippen LogP contribution in [0.15, 0.2) is 0 Å². The Bertz CT molecular complexity index is 434. The van der Waals surface area contributed by atoms with Gasteiger partial charge in [0, 0.05) is 13.1 Å². The Hall–Kier alpha value is -1.31. The molecule has 1 aliphatic carbocycles. The summed E-state index contributed by atoms with van der Waals surface area (Å²) in [7, 11) is 0. The average molecular weight is 323 g/mol. The number of hydrogen-bond acceptors (Lipinski definition) is 3. The number of likely N-dealkylation sites (tertiary alicyclic amines) is 1. The largest absolute Gasteiger partial charge is 0.481 e. The molecule has 0 radical (unpaired) electrons. The molecular weight excluding hydrogens is 303 g/mol. The third-order valence-electron chi connectivity index (χ3n) is 4.72. The highest BCUT2D eigenvalue weighted by atomic mass is 19.4. The molecule has 1 heterocycles. The van der Waals surface area contributed by atoms with Gasteiger partial charge in [-0.05, 0) is 18.8 Å². The lowest BCUT2D eigenvalue weighted by Crippen LogP contribution is -2.42. The van der Waals surface area contributed by atoms with Crippen molar-refractivity contribution < 1.29 is 33.0 Å². The van der Waals surface area contributed by atoms with Crippen LogP contribution >= 0.6 is 0 Å². The van der Waals surface area contributed by atoms with Crippen molar-refractivity contribution >= 4 is 11.9 Å². The van der Waals surface area contributed by atoms with Crippen LogP contribution in [0.4, 0.5) is 13.2 Å². The molecule has 22 heavy (non-hydrogen) atoms. The van der Waals surface area contributed by atoms with Crippen molar-refractivity contribution in [3.05, 3.63) is 0 Å². The van der Waals surface area contributed by atoms with E-state index < -0.39 is 49.1 Å². The number of alkyl halides is 3. The van der Waals surface area contributed by atoms with Gasteiger partial charge in [0.05, 0.1) is 11.8 Å². The molecule has 2 aliphatic rings. The van der Waals surface area contributed by atoms with Crippen molar-refractivity contribution in [3.63, 3.8) is 0 Å². The Morgan fingerprint density at radius 1 is 1.09 bits per heavy atom. The fraction of sp³-hybridized carbons (Fsp3) is 0.857. The number of aliphatic hydroxyl groups excluding tert-OH is 1. The van der Waals surface area contributed by atoms with E-state index in [0.29, 0.717) is 12.8 Å². The van der Waals surface area contributed by atoms with Crippen LogP contribution in [0.25, 0.3) is 0 Å². The third kappa shape index (κ3) is 3.53. The second-order valence-corrected chi connectivity index (χ2v) is 6.18. The van der Waals surface area contributed by atoms with E-state index in [9.17, 15) is 27.9 Å². The summed E-state index contributed by atoms with van der Waals surface area (Å²) in [6.07, 6.45) is -1.86. The van der Waals surface area contributed by atoms with Crippen LogP contribution in [-0.2, 0) is 9.59 Å². The molecule has 1 aliphatic heterocycles. The van der Waals surface area contributed by atoms with E-state index in [1.54, 1.807) is 0 Å². The normalized spacial score (nSPS) is 28.6. The summed E-state index contributed by atoms with van der Waals surface area (Å²) in [4.78, 5) is 24.1. The number of rotatable bonds is 3. The second kappa shape index (κ2) is 6.44. The standard InChI is InChI=1S/C14H20F3NO4/c15-14(16,17)10-7-18(6-9(10)13(21)22)12(20)11(19)8-4-2-1-3-5-8/h8-11,19H,1-7H2,(H,21,22)/t9-,10-,11?/m1/s1. The van der Waals surface area contributed by atoms with Gasteiger partial charge in [0.15, 0.2) is 0 Å². The molecule has 1 saturated heterocycles. The molecule has 0 aromatic rings. The number of carbonyl (C=O) groups excluding carboxylic acids is 1. The van der Waals surface area contributed by atoms with E-state index in [2.05, 4.69) is 0 Å². The van der Waals surface area contributed by atoms with Crippen LogP contribution in [-0.4, -0.2) is 52.4 Å². The van der Waals surface area contributed by atoms with Crippen molar-refractivity contribution in [3.8, 4) is 0 Å². The van der Waals surface area contributed by atoms with Crippen molar-refractivity contribution in [2.24, 2.45) is 17.8 Å². The fourth-order valence-corrected chi connectivity index (χ4v) is 3.40. The molecule has 126 valence electrons. The number of nitrogens with zero attached hydrogens (tertiary/aromatic N) is 1. The third-order valence-corrected chi connectivity index (χ3v) is 4.72. The number of amides is 1. The van der Waals surface area contributed by atoms with Crippen molar-refractivity contribution in [1.29, 1.82) is 0 Å². The highest BCUT2D eigenvalue weighted by Crippen LogP contribution is 2.38. The van der Waals surface area contributed by atoms with Gasteiger partial charge in [0.2, 0.25) is 0 Å². The van der Waals surface area contributed by atoms with Gasteiger partial charge >= 0.3 is 12.1 Å². The van der Waals surface area contributed by atoms with E-state index >= 15 is 0 Å². The summed E-state index contributed by atoms with van der Waals surface area (Å²) in [5, 5.41) is 19.0. The molecule has 3 atom stereocenters. The van der Waals surface area contributed by atoms with E-state index in [1.165, 1.54) is 0 Å². The Labute approximate surface area is 126 Å². The zero-order valence-electron chi connectivity index (χ0n) is 12.1. The predicted molar refractivity (Wildman–Crippen MR) is 69.8 cm³/mol. The summed E-state index contributed by atoms with van der Waals surface area (Å²) in [5.41, 5.74) is 0. The Morgan fingerprint density at radius 3 is 2.14 bits per heavy atom. The molecule has 2 fully saturated rings. The minimum Gasteiger partial charge on any atom is -0.481 e. The first-order valence-corrected chi connectivity index (χ1v) is 7.48. The fourth-order valence-electron chi connectivity index (χ4n) is 3.40. The van der Waals surface area contributed by atoms with Crippen LogP contribution in [0.5, 0.6) is 0 Å². The van der Waals surface area contributed by atoms with Crippen LogP contribution in [0.3, 0.4) is 0 Å². The number of aliphatic hydroxyl groups is 1. The lowest BCUT2D eigenvalue weighted by Gasteiger charge is -2.29. The van der Waals surface area contributed by atoms with Crippen LogP contribution in [0.1, 0.15) is 32.1 Å². The summed E-state index contributed by atoms with van der Waals surface area (Å²) >= 11 is 0. The van der Waals surface area contributed by atoms with Gasteiger partial charge in [-0.15, -0.1) is 0 Å². The molecular formula is C14H20F3NO4. The lowest BCUT2D eigenvalue weighted by molar-refractivity contribution is -0.188. The molecule has 0 aromatic carbocycles. The summed E-state index contributed by atoms with van der Waals surface area (Å²) in [6.45, 7) is -1.19. The van der Waals surface area contributed by atoms with Crippen LogP contribution in [0.2, 0.25) is 0 Å². The molecule has 1 saturated carbocycles. The molecule has 0 spiro atoms. The molecule has 0 aromatic heterocycles. The zero-order valence-corrected chi connectivity index (χ0v) is 12.1. The number of carboxylic acids is 1. The quantitative estimate of drug-likeness (QED) is 0.828. The number of halogens is 3. The molecule has 0 bridgehead atoms. The Kier molecular flexibility index (Phi) is 4.99. The van der Waals surface area contributed by atoms with Crippen molar-refractivity contribution in [2.75, 3.05) is 13.1 Å². The van der Waals surface area contributed by atoms with E-state index in [0.717, 1.165) is 24.2 Å². The Morgan fingerprint density at radius 2 is 1.68 bits per heavy atom. The summed E-state index contributed by atoms with van der Waals surface area (Å²) in [5.74, 6) is -6.32. The molecule has 1 unspecified atom stereocenters. The smallest absolute Gasteiger partial charge is 0.394 e. The zero-order chi connectivity index (χ0) is 16.5. The number of aliphatic carboxylic acids is 1. The number of carboxylic acid groups (broad SMARTS) is 1. The molecule has 2 N–H and O–H groups in total. The second-order valence-electron chi connectivity index (χ2n) is 6.18. The maximum Gasteiger partial charge on any atom is 0.394 e. The minimum atomic E-state index is -4.67. The SMILES string of the molecule is O=C(O)[C@@H]1CN(C(=O)C(O)C2CCCCC2)C[C@H]1C(F)(F)F. The van der Waals surface area contributed by atoms with Gasteiger partial charge in [-0.3, -0.25) is 9.59 Å². The minimum absolute atomic E-state index is 0.241. The molecule has 8 heteroatoms.